The van der Waals surface area contributed by atoms with E-state index in [-0.39, 0.29) is 19.1 Å². The lowest BCUT2D eigenvalue weighted by atomic mass is 9.82. The van der Waals surface area contributed by atoms with Gasteiger partial charge in [-0.3, -0.25) is 14.8 Å². The van der Waals surface area contributed by atoms with Crippen LogP contribution < -0.4 is 10.2 Å². The maximum absolute atomic E-state index is 15.2. The van der Waals surface area contributed by atoms with E-state index in [0.29, 0.717) is 49.4 Å². The third-order valence-electron chi connectivity index (χ3n) is 8.91. The van der Waals surface area contributed by atoms with E-state index in [0.717, 1.165) is 36.0 Å². The first kappa shape index (κ1) is 24.7. The molecule has 2 saturated heterocycles. The second-order valence-electron chi connectivity index (χ2n) is 11.6. The third kappa shape index (κ3) is 4.21. The molecule has 2 amide bonds. The molecule has 3 aromatic rings. The number of nitrogens with zero attached hydrogens (tertiary/aromatic N) is 6. The molecule has 7 rings (SSSR count). The molecule has 0 bridgehead atoms. The van der Waals surface area contributed by atoms with Crippen molar-refractivity contribution in [2.45, 2.75) is 74.7 Å². The van der Waals surface area contributed by atoms with Crippen LogP contribution in [0.25, 0.3) is 22.3 Å². The molecule has 0 aromatic carbocycles. The molecule has 3 aromatic heterocycles. The van der Waals surface area contributed by atoms with Gasteiger partial charge in [0.05, 0.1) is 47.7 Å². The van der Waals surface area contributed by atoms with Gasteiger partial charge in [-0.25, -0.2) is 18.0 Å². The molecule has 2 aliphatic carbocycles. The molecule has 2 saturated carbocycles. The molecule has 13 heteroatoms. The van der Waals surface area contributed by atoms with Gasteiger partial charge in [-0.2, -0.15) is 10.2 Å². The number of hydrogen-bond acceptors (Lipinski definition) is 6. The molecular weight excluding hydrogens is 513 g/mol. The Labute approximate surface area is 222 Å². The van der Waals surface area contributed by atoms with Crippen molar-refractivity contribution in [2.24, 2.45) is 0 Å². The number of ether oxygens (including phenoxy) is 1. The smallest absolute Gasteiger partial charge is 0.322 e. The summed E-state index contributed by atoms with van der Waals surface area (Å²) in [7, 11) is 1.68. The Morgan fingerprint density at radius 2 is 1.92 bits per heavy atom. The highest BCUT2D eigenvalue weighted by Crippen LogP contribution is 2.51. The van der Waals surface area contributed by atoms with Crippen molar-refractivity contribution in [3.63, 3.8) is 0 Å². The average molecular weight is 545 g/mol. The van der Waals surface area contributed by atoms with E-state index < -0.39 is 29.7 Å². The van der Waals surface area contributed by atoms with Crippen LogP contribution in [0.4, 0.5) is 29.5 Å². The van der Waals surface area contributed by atoms with Crippen molar-refractivity contribution in [3.05, 3.63) is 18.5 Å². The number of carbonyl (C=O) groups is 1. The number of fused-ring (bicyclic) bond motifs is 1. The Balaban J connectivity index is 1.19. The SMILES string of the molecule is COC1CN(c2nn(CC3(F)CCC3)c3cc(-c4[nH]ncc4NC(=O)N4CC(F)(F)CCC45CC5)ncc23)C1. The number of carbonyl (C=O) groups excluding carboxylic acids is 1. The fourth-order valence-electron chi connectivity index (χ4n) is 6.03. The molecule has 39 heavy (non-hydrogen) atoms. The number of rotatable bonds is 6. The number of likely N-dealkylation sites (tertiary alicyclic amines) is 1. The van der Waals surface area contributed by atoms with Gasteiger partial charge < -0.3 is 19.9 Å². The second-order valence-corrected chi connectivity index (χ2v) is 11.6. The number of urea groups is 1. The fraction of sp³-hybridized carbons (Fsp3) is 0.615. The second kappa shape index (κ2) is 8.57. The van der Waals surface area contributed by atoms with Gasteiger partial charge in [-0.1, -0.05) is 0 Å². The Bertz CT molecular complexity index is 1420. The number of hydrogen-bond donors (Lipinski definition) is 2. The Morgan fingerprint density at radius 3 is 2.62 bits per heavy atom. The number of anilines is 2. The number of methoxy groups -OCH3 is 1. The van der Waals surface area contributed by atoms with Crippen LogP contribution in [0.1, 0.15) is 44.9 Å². The Morgan fingerprint density at radius 1 is 1.15 bits per heavy atom. The minimum absolute atomic E-state index is 0.127. The third-order valence-corrected chi connectivity index (χ3v) is 8.91. The van der Waals surface area contributed by atoms with Crippen LogP contribution in [0.3, 0.4) is 0 Å². The van der Waals surface area contributed by atoms with Gasteiger partial charge in [-0.05, 0) is 44.6 Å². The van der Waals surface area contributed by atoms with Crippen molar-refractivity contribution in [3.8, 4) is 11.4 Å². The predicted octanol–water partition coefficient (Wildman–Crippen LogP) is 4.34. The molecule has 0 atom stereocenters. The highest BCUT2D eigenvalue weighted by atomic mass is 19.3. The van der Waals surface area contributed by atoms with Crippen LogP contribution >= 0.6 is 0 Å². The summed E-state index contributed by atoms with van der Waals surface area (Å²) in [5.74, 6) is -2.17. The van der Waals surface area contributed by atoms with Crippen molar-refractivity contribution >= 4 is 28.4 Å². The van der Waals surface area contributed by atoms with Crippen molar-refractivity contribution in [1.29, 1.82) is 0 Å². The number of amides is 2. The number of H-pyrrole nitrogens is 1. The first-order chi connectivity index (χ1) is 18.7. The molecule has 0 unspecified atom stereocenters. The molecular formula is C26H31F3N8O2. The molecule has 10 nitrogen and oxygen atoms in total. The van der Waals surface area contributed by atoms with Gasteiger partial charge in [0.15, 0.2) is 5.82 Å². The van der Waals surface area contributed by atoms with Gasteiger partial charge >= 0.3 is 6.03 Å². The van der Waals surface area contributed by atoms with E-state index >= 15 is 4.39 Å². The topological polar surface area (TPSA) is 104 Å². The maximum Gasteiger partial charge on any atom is 0.322 e. The molecule has 2 aliphatic heterocycles. The van der Waals surface area contributed by atoms with Gasteiger partial charge in [0.1, 0.15) is 11.4 Å². The van der Waals surface area contributed by atoms with E-state index in [4.69, 9.17) is 9.84 Å². The molecule has 208 valence electrons. The number of nitrogens with one attached hydrogen (secondary N) is 2. The van der Waals surface area contributed by atoms with E-state index in [2.05, 4.69) is 25.4 Å². The first-order valence-corrected chi connectivity index (χ1v) is 13.5. The van der Waals surface area contributed by atoms with Gasteiger partial charge in [0.2, 0.25) is 0 Å². The summed E-state index contributed by atoms with van der Waals surface area (Å²) in [5.41, 5.74) is 0.224. The lowest BCUT2D eigenvalue weighted by Gasteiger charge is -2.40. The fourth-order valence-corrected chi connectivity index (χ4v) is 6.03. The Kier molecular flexibility index (Phi) is 5.42. The van der Waals surface area contributed by atoms with E-state index in [1.54, 1.807) is 18.0 Å². The van der Waals surface area contributed by atoms with E-state index in [9.17, 15) is 13.6 Å². The molecule has 2 N–H and O–H groups in total. The van der Waals surface area contributed by atoms with Crippen molar-refractivity contribution in [2.75, 3.05) is 37.0 Å². The van der Waals surface area contributed by atoms with Gasteiger partial charge in [-0.15, -0.1) is 0 Å². The van der Waals surface area contributed by atoms with Crippen LogP contribution in [0.5, 0.6) is 0 Å². The van der Waals surface area contributed by atoms with E-state index in [1.807, 2.05) is 6.07 Å². The highest BCUT2D eigenvalue weighted by molar-refractivity contribution is 5.96. The minimum atomic E-state index is -2.90. The lowest BCUT2D eigenvalue weighted by molar-refractivity contribution is -0.0721. The number of halogens is 3. The zero-order valence-electron chi connectivity index (χ0n) is 21.7. The Hall–Kier alpha value is -3.35. The average Bonchev–Trinajstić information content (AvgIpc) is 3.36. The molecule has 0 radical (unpaired) electrons. The van der Waals surface area contributed by atoms with Crippen LogP contribution in [0.2, 0.25) is 0 Å². The number of aromatic nitrogens is 5. The largest absolute Gasteiger partial charge is 0.378 e. The molecule has 4 fully saturated rings. The summed E-state index contributed by atoms with van der Waals surface area (Å²) in [4.78, 5) is 21.2. The normalized spacial score (nSPS) is 23.1. The summed E-state index contributed by atoms with van der Waals surface area (Å²) in [6, 6.07) is 1.24. The van der Waals surface area contributed by atoms with Crippen LogP contribution in [0, 0.1) is 0 Å². The van der Waals surface area contributed by atoms with Crippen LogP contribution in [-0.4, -0.2) is 85.9 Å². The zero-order valence-corrected chi connectivity index (χ0v) is 21.7. The molecule has 4 aliphatic rings. The summed E-state index contributed by atoms with van der Waals surface area (Å²) in [5, 5.41) is 15.3. The van der Waals surface area contributed by atoms with Crippen molar-refractivity contribution in [1.82, 2.24) is 29.9 Å². The quantitative estimate of drug-likeness (QED) is 0.479. The van der Waals surface area contributed by atoms with Crippen LogP contribution in [-0.2, 0) is 11.3 Å². The molecule has 5 heterocycles. The predicted molar refractivity (Wildman–Crippen MR) is 138 cm³/mol. The maximum atomic E-state index is 15.2. The highest BCUT2D eigenvalue weighted by Gasteiger charge is 2.57. The lowest BCUT2D eigenvalue weighted by Crippen LogP contribution is -2.54. The van der Waals surface area contributed by atoms with E-state index in [1.165, 1.54) is 11.1 Å². The number of piperidine rings is 1. The summed E-state index contributed by atoms with van der Waals surface area (Å²) >= 11 is 0. The monoisotopic (exact) mass is 544 g/mol. The standard InChI is InChI=1S/C26H31F3N8O2/c1-39-16-12-35(13-16)22-17-10-30-18(9-20(17)37(34-22)14-24(27)3-2-4-24)21-19(11-31-33-21)32-23(38)36-15-26(28,29)8-7-25(36)5-6-25/h9-11,16H,2-8,12-15H2,1H3,(H,31,33)(H,32,38). The van der Waals surface area contributed by atoms with Gasteiger partial charge in [0.25, 0.3) is 5.92 Å². The summed E-state index contributed by atoms with van der Waals surface area (Å²) in [6.45, 7) is 0.938. The minimum Gasteiger partial charge on any atom is -0.378 e. The number of alkyl halides is 3. The first-order valence-electron chi connectivity index (χ1n) is 13.5. The van der Waals surface area contributed by atoms with Crippen LogP contribution in [0.15, 0.2) is 18.5 Å². The summed E-state index contributed by atoms with van der Waals surface area (Å²) in [6.07, 6.45) is 6.71. The van der Waals surface area contributed by atoms with Crippen molar-refractivity contribution < 1.29 is 22.7 Å². The summed E-state index contributed by atoms with van der Waals surface area (Å²) < 4.78 is 50.7. The zero-order chi connectivity index (χ0) is 27.0. The molecule has 1 spiro atoms. The van der Waals surface area contributed by atoms with Gasteiger partial charge in [0, 0.05) is 38.4 Å². The number of pyridine rings is 1. The number of aromatic amines is 1.